The number of halogens is 1. The molecule has 0 N–H and O–H groups in total. The Balaban J connectivity index is 0.00000112. The highest BCUT2D eigenvalue weighted by Crippen LogP contribution is 2.15. The lowest BCUT2D eigenvalue weighted by Crippen LogP contribution is -3.00. The summed E-state index contributed by atoms with van der Waals surface area (Å²) < 4.78 is 2.14. The van der Waals surface area contributed by atoms with Crippen LogP contribution in [0.3, 0.4) is 0 Å². The summed E-state index contributed by atoms with van der Waals surface area (Å²) in [5, 5.41) is 0. The summed E-state index contributed by atoms with van der Waals surface area (Å²) in [6.45, 7) is 3.14. The largest absolute Gasteiger partial charge is 1.00 e. The van der Waals surface area contributed by atoms with Crippen molar-refractivity contribution in [3.63, 3.8) is 0 Å². The molecule has 2 rings (SSSR count). The number of hydrogen-bond donors (Lipinski definition) is 0. The first kappa shape index (κ1) is 11.7. The van der Waals surface area contributed by atoms with Crippen molar-refractivity contribution in [3.05, 3.63) is 49.1 Å². The second kappa shape index (κ2) is 5.47. The minimum atomic E-state index is 0. The van der Waals surface area contributed by atoms with Crippen LogP contribution in [0.4, 0.5) is 0 Å². The molecule has 0 unspecified atom stereocenters. The summed E-state index contributed by atoms with van der Waals surface area (Å²) in [6.07, 6.45) is 7.82. The van der Waals surface area contributed by atoms with Crippen molar-refractivity contribution in [2.45, 2.75) is 13.5 Å². The Morgan fingerprint density at radius 1 is 1.00 bits per heavy atom. The van der Waals surface area contributed by atoms with Crippen LogP contribution in [0.2, 0.25) is 0 Å². The van der Waals surface area contributed by atoms with Gasteiger partial charge in [-0.15, -0.1) is 0 Å². The molecule has 78 valence electrons. The van der Waals surface area contributed by atoms with E-state index < -0.39 is 0 Å². The molecule has 3 heteroatoms. The molecule has 0 bridgehead atoms. The molecule has 0 aliphatic heterocycles. The van der Waals surface area contributed by atoms with Crippen LogP contribution in [0.15, 0.2) is 49.1 Å². The van der Waals surface area contributed by atoms with Gasteiger partial charge < -0.3 is 12.4 Å². The van der Waals surface area contributed by atoms with Crippen LogP contribution in [-0.2, 0) is 6.54 Å². The summed E-state index contributed by atoms with van der Waals surface area (Å²) >= 11 is 0. The third-order valence-corrected chi connectivity index (χ3v) is 2.27. The van der Waals surface area contributed by atoms with E-state index in [1.165, 1.54) is 11.1 Å². The average Bonchev–Trinajstić information content (AvgIpc) is 2.30. The molecule has 0 radical (unpaired) electrons. The molecule has 15 heavy (non-hydrogen) atoms. The molecular formula is C12H13ClN2. The Hall–Kier alpha value is -1.41. The van der Waals surface area contributed by atoms with Crippen LogP contribution in [0, 0.1) is 0 Å². The lowest BCUT2D eigenvalue weighted by atomic mass is 10.1. The van der Waals surface area contributed by atoms with Crippen LogP contribution >= 0.6 is 0 Å². The predicted octanol–water partition coefficient (Wildman–Crippen LogP) is -0.940. The fourth-order valence-electron chi connectivity index (χ4n) is 1.40. The van der Waals surface area contributed by atoms with Gasteiger partial charge in [0.1, 0.15) is 6.54 Å². The molecule has 0 aliphatic carbocycles. The molecule has 0 spiro atoms. The Morgan fingerprint density at radius 2 is 1.53 bits per heavy atom. The lowest BCUT2D eigenvalue weighted by Gasteiger charge is -1.98. The standard InChI is InChI=1S/C12H13N2.ClH/c1-2-14-9-5-12(6-10-14)11-3-7-13-8-4-11;/h3-10H,2H2,1H3;1H/q+1;/p-1. The zero-order valence-electron chi connectivity index (χ0n) is 8.60. The third kappa shape index (κ3) is 2.77. The van der Waals surface area contributed by atoms with Crippen molar-refractivity contribution in [1.29, 1.82) is 0 Å². The molecule has 0 saturated carbocycles. The number of rotatable bonds is 2. The number of aromatic nitrogens is 2. The van der Waals surface area contributed by atoms with Gasteiger partial charge in [0.05, 0.1) is 0 Å². The van der Waals surface area contributed by atoms with Gasteiger partial charge in [0.15, 0.2) is 12.4 Å². The molecular weight excluding hydrogens is 208 g/mol. The number of nitrogens with zero attached hydrogens (tertiary/aromatic N) is 2. The maximum Gasteiger partial charge on any atom is 0.169 e. The molecule has 0 aromatic carbocycles. The van der Waals surface area contributed by atoms with Gasteiger partial charge in [-0.2, -0.15) is 0 Å². The van der Waals surface area contributed by atoms with Crippen molar-refractivity contribution in [2.24, 2.45) is 0 Å². The highest BCUT2D eigenvalue weighted by molar-refractivity contribution is 5.61. The van der Waals surface area contributed by atoms with Gasteiger partial charge >= 0.3 is 0 Å². The highest BCUT2D eigenvalue weighted by atomic mass is 35.5. The minimum Gasteiger partial charge on any atom is -1.00 e. The molecule has 0 fully saturated rings. The van der Waals surface area contributed by atoms with Gasteiger partial charge in [0, 0.05) is 24.5 Å². The molecule has 2 aromatic heterocycles. The summed E-state index contributed by atoms with van der Waals surface area (Å²) in [7, 11) is 0. The predicted molar refractivity (Wildman–Crippen MR) is 55.5 cm³/mol. The van der Waals surface area contributed by atoms with Crippen LogP contribution in [0.1, 0.15) is 6.92 Å². The lowest BCUT2D eigenvalue weighted by molar-refractivity contribution is -0.693. The van der Waals surface area contributed by atoms with Gasteiger partial charge in [-0.3, -0.25) is 4.98 Å². The van der Waals surface area contributed by atoms with E-state index in [0.29, 0.717) is 0 Å². The monoisotopic (exact) mass is 220 g/mol. The summed E-state index contributed by atoms with van der Waals surface area (Å²) in [5.41, 5.74) is 2.44. The van der Waals surface area contributed by atoms with Gasteiger partial charge in [-0.25, -0.2) is 4.57 Å². The van der Waals surface area contributed by atoms with Crippen molar-refractivity contribution < 1.29 is 17.0 Å². The summed E-state index contributed by atoms with van der Waals surface area (Å²) in [5.74, 6) is 0. The topological polar surface area (TPSA) is 16.8 Å². The van der Waals surface area contributed by atoms with Gasteiger partial charge in [-0.05, 0) is 30.2 Å². The van der Waals surface area contributed by atoms with E-state index in [2.05, 4.69) is 41.0 Å². The van der Waals surface area contributed by atoms with E-state index in [-0.39, 0.29) is 12.4 Å². The Labute approximate surface area is 96.0 Å². The van der Waals surface area contributed by atoms with Crippen molar-refractivity contribution >= 4 is 0 Å². The van der Waals surface area contributed by atoms with Crippen molar-refractivity contribution in [1.82, 2.24) is 4.98 Å². The fourth-order valence-corrected chi connectivity index (χ4v) is 1.40. The number of aryl methyl sites for hydroxylation is 1. The molecule has 0 amide bonds. The molecule has 2 aromatic rings. The van der Waals surface area contributed by atoms with Gasteiger partial charge in [-0.1, -0.05) is 0 Å². The normalized spacial score (nSPS) is 9.40. The maximum absolute atomic E-state index is 4.00. The van der Waals surface area contributed by atoms with Crippen LogP contribution < -0.4 is 17.0 Å². The average molecular weight is 221 g/mol. The van der Waals surface area contributed by atoms with E-state index in [9.17, 15) is 0 Å². The molecule has 0 aliphatic rings. The van der Waals surface area contributed by atoms with E-state index in [1.54, 1.807) is 0 Å². The molecule has 2 nitrogen and oxygen atoms in total. The third-order valence-electron chi connectivity index (χ3n) is 2.27. The maximum atomic E-state index is 4.00. The minimum absolute atomic E-state index is 0. The Kier molecular flexibility index (Phi) is 4.25. The fraction of sp³-hybridized carbons (Fsp3) is 0.167. The molecule has 0 saturated heterocycles. The molecule has 2 heterocycles. The van der Waals surface area contributed by atoms with E-state index >= 15 is 0 Å². The van der Waals surface area contributed by atoms with Crippen molar-refractivity contribution in [3.8, 4) is 11.1 Å². The van der Waals surface area contributed by atoms with Crippen LogP contribution in [0.25, 0.3) is 11.1 Å². The second-order valence-electron chi connectivity index (χ2n) is 3.15. The summed E-state index contributed by atoms with van der Waals surface area (Å²) in [6, 6.07) is 8.29. The van der Waals surface area contributed by atoms with Gasteiger partial charge in [0.25, 0.3) is 0 Å². The zero-order chi connectivity index (χ0) is 9.80. The molecule has 0 atom stereocenters. The highest BCUT2D eigenvalue weighted by Gasteiger charge is 1.99. The Bertz CT molecular complexity index is 398. The number of hydrogen-bond acceptors (Lipinski definition) is 1. The Morgan fingerprint density at radius 3 is 2.07 bits per heavy atom. The quantitative estimate of drug-likeness (QED) is 0.597. The van der Waals surface area contributed by atoms with Crippen LogP contribution in [-0.4, -0.2) is 4.98 Å². The second-order valence-corrected chi connectivity index (χ2v) is 3.15. The summed E-state index contributed by atoms with van der Waals surface area (Å²) in [4.78, 5) is 4.00. The first-order chi connectivity index (χ1) is 6.90. The van der Waals surface area contributed by atoms with E-state index in [1.807, 2.05) is 24.5 Å². The van der Waals surface area contributed by atoms with E-state index in [0.717, 1.165) is 6.54 Å². The van der Waals surface area contributed by atoms with E-state index in [4.69, 9.17) is 0 Å². The SMILES string of the molecule is CC[n+]1ccc(-c2ccncc2)cc1.[Cl-]. The van der Waals surface area contributed by atoms with Gasteiger partial charge in [0.2, 0.25) is 0 Å². The zero-order valence-corrected chi connectivity index (χ0v) is 9.35. The smallest absolute Gasteiger partial charge is 0.169 e. The first-order valence-corrected chi connectivity index (χ1v) is 4.79. The number of pyridine rings is 2. The first-order valence-electron chi connectivity index (χ1n) is 4.79. The van der Waals surface area contributed by atoms with Crippen LogP contribution in [0.5, 0.6) is 0 Å². The van der Waals surface area contributed by atoms with Crippen molar-refractivity contribution in [2.75, 3.05) is 0 Å².